The van der Waals surface area contributed by atoms with Gasteiger partial charge in [0, 0.05) is 43.1 Å². The fraction of sp³-hybridized carbons (Fsp3) is 0.545. The van der Waals surface area contributed by atoms with Gasteiger partial charge in [-0.15, -0.1) is 0 Å². The van der Waals surface area contributed by atoms with Gasteiger partial charge in [-0.25, -0.2) is 0 Å². The summed E-state index contributed by atoms with van der Waals surface area (Å²) >= 11 is 0. The second kappa shape index (κ2) is 13.9. The monoisotopic (exact) mass is 416 g/mol. The van der Waals surface area contributed by atoms with Crippen LogP contribution in [0.3, 0.4) is 0 Å². The summed E-state index contributed by atoms with van der Waals surface area (Å²) in [6, 6.07) is 12.8. The predicted molar refractivity (Wildman–Crippen MR) is 115 cm³/mol. The molecule has 0 unspecified atom stereocenters. The van der Waals surface area contributed by atoms with E-state index in [0.29, 0.717) is 0 Å². The summed E-state index contributed by atoms with van der Waals surface area (Å²) in [5.41, 5.74) is 0. The maximum absolute atomic E-state index is 12.5. The van der Waals surface area contributed by atoms with Gasteiger partial charge in [-0.05, 0) is 17.9 Å². The van der Waals surface area contributed by atoms with Gasteiger partial charge in [-0.3, -0.25) is 4.18 Å². The number of hydrogen-bond donors (Lipinski definition) is 0. The van der Waals surface area contributed by atoms with Crippen LogP contribution in [-0.2, 0) is 14.3 Å². The third kappa shape index (κ3) is 8.82. The van der Waals surface area contributed by atoms with E-state index < -0.39 is 10.1 Å². The van der Waals surface area contributed by atoms with Gasteiger partial charge < -0.3 is 0 Å². The van der Waals surface area contributed by atoms with Crippen LogP contribution >= 0.6 is 0 Å². The van der Waals surface area contributed by atoms with E-state index in [2.05, 4.69) is 6.92 Å². The van der Waals surface area contributed by atoms with Crippen molar-refractivity contribution in [3.05, 3.63) is 42.5 Å². The first-order valence-electron chi connectivity index (χ1n) is 10.0. The molecule has 0 aliphatic carbocycles. The van der Waals surface area contributed by atoms with Gasteiger partial charge >= 0.3 is 0 Å². The minimum absolute atomic E-state index is 0. The second-order valence-corrected chi connectivity index (χ2v) is 8.52. The molecule has 0 saturated heterocycles. The van der Waals surface area contributed by atoms with E-state index in [4.69, 9.17) is 4.18 Å². The number of fused-ring (bicyclic) bond motifs is 1. The minimum atomic E-state index is -3.70. The predicted octanol–water partition coefficient (Wildman–Crippen LogP) is 6.09. The van der Waals surface area contributed by atoms with Crippen LogP contribution in [0, 0.1) is 0 Å². The molecule has 0 spiro atoms. The van der Waals surface area contributed by atoms with Crippen molar-refractivity contribution in [2.24, 2.45) is 0 Å². The molecule has 0 fully saturated rings. The van der Waals surface area contributed by atoms with Gasteiger partial charge in [0.05, 0.1) is 6.61 Å². The molecule has 146 valence electrons. The molecule has 0 heterocycles. The van der Waals surface area contributed by atoms with Gasteiger partial charge in [-0.1, -0.05) is 101 Å². The van der Waals surface area contributed by atoms with Crippen LogP contribution in [0.5, 0.6) is 0 Å². The molecular weight excluding hydrogens is 384 g/mol. The fourth-order valence-corrected chi connectivity index (χ4v) is 4.40. The van der Waals surface area contributed by atoms with Gasteiger partial charge in [-0.2, -0.15) is 8.42 Å². The number of rotatable bonds is 13. The molecule has 5 heteroatoms. The summed E-state index contributed by atoms with van der Waals surface area (Å²) in [5, 5.41) is 1.63. The summed E-state index contributed by atoms with van der Waals surface area (Å²) in [6.45, 7) is 2.50. The Labute approximate surface area is 195 Å². The number of benzene rings is 2. The smallest absolute Gasteiger partial charge is 0.266 e. The van der Waals surface area contributed by atoms with E-state index in [1.54, 1.807) is 12.1 Å². The minimum Gasteiger partial charge on any atom is -0.266 e. The van der Waals surface area contributed by atoms with Crippen molar-refractivity contribution in [1.82, 2.24) is 0 Å². The van der Waals surface area contributed by atoms with Crippen LogP contribution in [-0.4, -0.2) is 52.8 Å². The average molecular weight is 417 g/mol. The Morgan fingerprint density at radius 2 is 1.30 bits per heavy atom. The third-order valence-electron chi connectivity index (χ3n) is 4.76. The Morgan fingerprint density at radius 1 is 0.741 bits per heavy atom. The molecule has 0 atom stereocenters. The normalized spacial score (nSPS) is 11.4. The van der Waals surface area contributed by atoms with Crippen molar-refractivity contribution in [3.63, 3.8) is 0 Å². The van der Waals surface area contributed by atoms with Crippen molar-refractivity contribution >= 4 is 58.6 Å². The largest absolute Gasteiger partial charge is 0.297 e. The molecule has 0 saturated carbocycles. The molecule has 0 N–H and O–H groups in total. The molecule has 0 aliphatic heterocycles. The van der Waals surface area contributed by atoms with E-state index in [0.717, 1.165) is 30.0 Å². The standard InChI is InChI=1S/C22H32O3S.Ca/c1-2-3-4-5-6-7-8-9-10-13-19-25-26(23,24)22-18-14-16-20-15-11-12-17-21(20)22;/h11-12,14-18H,2-10,13,19H2,1H3;. The molecule has 3 nitrogen and oxygen atoms in total. The van der Waals surface area contributed by atoms with E-state index in [1.807, 2.05) is 30.3 Å². The summed E-state index contributed by atoms with van der Waals surface area (Å²) in [7, 11) is -3.70. The number of hydrogen-bond acceptors (Lipinski definition) is 3. The fourth-order valence-electron chi connectivity index (χ4n) is 3.24. The molecule has 0 amide bonds. The van der Waals surface area contributed by atoms with Crippen LogP contribution in [0.4, 0.5) is 0 Å². The Morgan fingerprint density at radius 3 is 1.96 bits per heavy atom. The Bertz CT molecular complexity index is 754. The quantitative estimate of drug-likeness (QED) is 0.226. The average Bonchev–Trinajstić information content (AvgIpc) is 2.65. The molecule has 2 aromatic rings. The third-order valence-corrected chi connectivity index (χ3v) is 6.13. The van der Waals surface area contributed by atoms with Crippen molar-refractivity contribution < 1.29 is 12.6 Å². The van der Waals surface area contributed by atoms with Gasteiger partial charge in [0.2, 0.25) is 0 Å². The van der Waals surface area contributed by atoms with Crippen molar-refractivity contribution in [1.29, 1.82) is 0 Å². The number of unbranched alkanes of at least 4 members (excludes halogenated alkanes) is 9. The van der Waals surface area contributed by atoms with Crippen LogP contribution in [0.1, 0.15) is 71.1 Å². The molecular formula is C22H32CaO3S. The zero-order chi connectivity index (χ0) is 18.7. The Kier molecular flexibility index (Phi) is 12.9. The maximum Gasteiger partial charge on any atom is 0.297 e. The molecule has 2 aromatic carbocycles. The summed E-state index contributed by atoms with van der Waals surface area (Å²) in [5.74, 6) is 0. The summed E-state index contributed by atoms with van der Waals surface area (Å²) < 4.78 is 30.2. The van der Waals surface area contributed by atoms with E-state index >= 15 is 0 Å². The zero-order valence-electron chi connectivity index (χ0n) is 16.7. The van der Waals surface area contributed by atoms with Crippen molar-refractivity contribution in [2.75, 3.05) is 6.61 Å². The molecule has 0 aliphatic rings. The van der Waals surface area contributed by atoms with Crippen molar-refractivity contribution in [2.45, 2.75) is 76.0 Å². The van der Waals surface area contributed by atoms with E-state index in [1.165, 1.54) is 44.9 Å². The van der Waals surface area contributed by atoms with Crippen LogP contribution in [0.15, 0.2) is 47.4 Å². The van der Waals surface area contributed by atoms with E-state index in [-0.39, 0.29) is 49.2 Å². The van der Waals surface area contributed by atoms with Crippen LogP contribution in [0.2, 0.25) is 0 Å². The van der Waals surface area contributed by atoms with E-state index in [9.17, 15) is 8.42 Å². The maximum atomic E-state index is 12.5. The first-order valence-corrected chi connectivity index (χ1v) is 11.4. The second-order valence-electron chi connectivity index (χ2n) is 6.94. The van der Waals surface area contributed by atoms with Gasteiger partial charge in [0.15, 0.2) is 0 Å². The van der Waals surface area contributed by atoms with Crippen LogP contribution in [0.25, 0.3) is 10.8 Å². The first-order chi connectivity index (χ1) is 12.6. The topological polar surface area (TPSA) is 43.4 Å². The Balaban J connectivity index is 0.00000364. The van der Waals surface area contributed by atoms with Crippen LogP contribution < -0.4 is 0 Å². The molecule has 0 aromatic heterocycles. The first kappa shape index (κ1) is 24.9. The molecule has 27 heavy (non-hydrogen) atoms. The molecule has 2 radical (unpaired) electrons. The van der Waals surface area contributed by atoms with Crippen molar-refractivity contribution in [3.8, 4) is 0 Å². The zero-order valence-corrected chi connectivity index (χ0v) is 19.7. The SMILES string of the molecule is CCCCCCCCCCCCOS(=O)(=O)c1cccc2ccccc12.[Ca]. The summed E-state index contributed by atoms with van der Waals surface area (Å²) in [6.07, 6.45) is 12.2. The molecule has 2 rings (SSSR count). The van der Waals surface area contributed by atoms with Gasteiger partial charge in [0.25, 0.3) is 10.1 Å². The summed E-state index contributed by atoms with van der Waals surface area (Å²) in [4.78, 5) is 0.266. The Hall–Kier alpha value is -0.130. The van der Waals surface area contributed by atoms with Gasteiger partial charge in [0.1, 0.15) is 4.90 Å². The molecule has 0 bridgehead atoms.